The number of hydrogen-bond acceptors (Lipinski definition) is 3. The summed E-state index contributed by atoms with van der Waals surface area (Å²) in [6.45, 7) is 3.02. The lowest BCUT2D eigenvalue weighted by atomic mass is 10.1. The number of hydrogen-bond donors (Lipinski definition) is 0. The van der Waals surface area contributed by atoms with Gasteiger partial charge in [0, 0.05) is 22.3 Å². The fourth-order valence-electron chi connectivity index (χ4n) is 2.02. The first-order chi connectivity index (χ1) is 9.54. The summed E-state index contributed by atoms with van der Waals surface area (Å²) in [6.07, 6.45) is 0. The molecule has 0 aliphatic rings. The predicted molar refractivity (Wildman–Crippen MR) is 83.8 cm³/mol. The van der Waals surface area contributed by atoms with Crippen LogP contribution in [-0.4, -0.2) is 29.3 Å². The average molecular weight is 333 g/mol. The molecule has 2 rings (SSSR count). The lowest BCUT2D eigenvalue weighted by molar-refractivity contribution is 0.0942. The van der Waals surface area contributed by atoms with E-state index in [1.807, 2.05) is 61.3 Å². The number of carbonyl (C=O) groups excluding carboxylic acids is 1. The predicted octanol–water partition coefficient (Wildman–Crippen LogP) is 3.47. The van der Waals surface area contributed by atoms with Crippen LogP contribution in [0.3, 0.4) is 0 Å². The summed E-state index contributed by atoms with van der Waals surface area (Å²) in [4.78, 5) is 18.6. The number of likely N-dealkylation sites (N-methyl/N-ethyl adjacent to an activating group) is 1. The number of ketones is 1. The Kier molecular flexibility index (Phi) is 5.04. The van der Waals surface area contributed by atoms with E-state index in [1.54, 1.807) is 0 Å². The monoisotopic (exact) mass is 332 g/mol. The highest BCUT2D eigenvalue weighted by molar-refractivity contribution is 9.10. The molecule has 1 heterocycles. The topological polar surface area (TPSA) is 33.2 Å². The highest BCUT2D eigenvalue weighted by atomic mass is 79.9. The minimum atomic E-state index is 0.112. The number of carbonyl (C=O) groups is 1. The second kappa shape index (κ2) is 6.77. The highest BCUT2D eigenvalue weighted by Crippen LogP contribution is 2.12. The van der Waals surface area contributed by atoms with Crippen molar-refractivity contribution in [1.82, 2.24) is 9.88 Å². The van der Waals surface area contributed by atoms with Gasteiger partial charge in [0.2, 0.25) is 0 Å². The third kappa shape index (κ3) is 4.25. The Morgan fingerprint density at radius 1 is 1.25 bits per heavy atom. The maximum atomic E-state index is 12.2. The molecule has 0 aliphatic heterocycles. The molecule has 3 nitrogen and oxygen atoms in total. The van der Waals surface area contributed by atoms with Crippen molar-refractivity contribution in [3.05, 3.63) is 63.9 Å². The molecule has 1 aromatic heterocycles. The highest BCUT2D eigenvalue weighted by Gasteiger charge is 2.10. The molecule has 20 heavy (non-hydrogen) atoms. The fourth-order valence-corrected chi connectivity index (χ4v) is 2.42. The number of nitrogens with zero attached hydrogens (tertiary/aromatic N) is 2. The molecule has 0 aliphatic carbocycles. The standard InChI is InChI=1S/C16H17BrN2O/c1-12-5-3-8-15(18-12)10-19(2)11-16(20)13-6-4-7-14(17)9-13/h3-9H,10-11H2,1-2H3. The Morgan fingerprint density at radius 2 is 2.00 bits per heavy atom. The van der Waals surface area contributed by atoms with Gasteiger partial charge in [-0.2, -0.15) is 0 Å². The second-order valence-corrected chi connectivity index (χ2v) is 5.79. The van der Waals surface area contributed by atoms with E-state index in [4.69, 9.17) is 0 Å². The third-order valence-corrected chi connectivity index (χ3v) is 3.43. The van der Waals surface area contributed by atoms with Gasteiger partial charge in [-0.3, -0.25) is 14.7 Å². The zero-order chi connectivity index (χ0) is 14.5. The lowest BCUT2D eigenvalue weighted by Crippen LogP contribution is -2.26. The summed E-state index contributed by atoms with van der Waals surface area (Å²) in [5, 5.41) is 0. The molecule has 0 saturated heterocycles. The van der Waals surface area contributed by atoms with Crippen molar-refractivity contribution in [2.75, 3.05) is 13.6 Å². The van der Waals surface area contributed by atoms with Crippen LogP contribution in [0.2, 0.25) is 0 Å². The van der Waals surface area contributed by atoms with Gasteiger partial charge < -0.3 is 0 Å². The molecule has 0 saturated carbocycles. The van der Waals surface area contributed by atoms with Crippen LogP contribution in [0.25, 0.3) is 0 Å². The van der Waals surface area contributed by atoms with Crippen LogP contribution in [-0.2, 0) is 6.54 Å². The lowest BCUT2D eigenvalue weighted by Gasteiger charge is -2.15. The number of pyridine rings is 1. The summed E-state index contributed by atoms with van der Waals surface area (Å²) in [7, 11) is 1.93. The summed E-state index contributed by atoms with van der Waals surface area (Å²) in [5.74, 6) is 0.112. The maximum Gasteiger partial charge on any atom is 0.176 e. The van der Waals surface area contributed by atoms with Crippen LogP contribution in [0.1, 0.15) is 21.7 Å². The minimum absolute atomic E-state index is 0.112. The van der Waals surface area contributed by atoms with Gasteiger partial charge in [-0.1, -0.05) is 34.1 Å². The molecule has 0 unspecified atom stereocenters. The molecule has 0 amide bonds. The van der Waals surface area contributed by atoms with Crippen LogP contribution in [0.4, 0.5) is 0 Å². The molecule has 1 aromatic carbocycles. The van der Waals surface area contributed by atoms with E-state index >= 15 is 0 Å². The van der Waals surface area contributed by atoms with Crippen LogP contribution in [0.15, 0.2) is 46.9 Å². The summed E-state index contributed by atoms with van der Waals surface area (Å²) < 4.78 is 0.923. The van der Waals surface area contributed by atoms with Gasteiger partial charge in [-0.05, 0) is 38.2 Å². The van der Waals surface area contributed by atoms with Crippen molar-refractivity contribution in [2.45, 2.75) is 13.5 Å². The van der Waals surface area contributed by atoms with Gasteiger partial charge in [0.25, 0.3) is 0 Å². The van der Waals surface area contributed by atoms with E-state index in [0.717, 1.165) is 21.4 Å². The van der Waals surface area contributed by atoms with E-state index in [1.165, 1.54) is 0 Å². The van der Waals surface area contributed by atoms with Crippen molar-refractivity contribution in [2.24, 2.45) is 0 Å². The molecule has 104 valence electrons. The fraction of sp³-hybridized carbons (Fsp3) is 0.250. The van der Waals surface area contributed by atoms with Crippen LogP contribution < -0.4 is 0 Å². The van der Waals surface area contributed by atoms with Gasteiger partial charge in [-0.15, -0.1) is 0 Å². The van der Waals surface area contributed by atoms with Crippen molar-refractivity contribution < 1.29 is 4.79 Å². The minimum Gasteiger partial charge on any atom is -0.293 e. The van der Waals surface area contributed by atoms with E-state index in [-0.39, 0.29) is 5.78 Å². The molecule has 0 radical (unpaired) electrons. The molecule has 2 aromatic rings. The van der Waals surface area contributed by atoms with E-state index in [2.05, 4.69) is 20.9 Å². The first-order valence-corrected chi connectivity index (χ1v) is 7.24. The van der Waals surface area contributed by atoms with Crippen LogP contribution in [0.5, 0.6) is 0 Å². The van der Waals surface area contributed by atoms with Gasteiger partial charge in [0.1, 0.15) is 0 Å². The maximum absolute atomic E-state index is 12.2. The van der Waals surface area contributed by atoms with Crippen LogP contribution >= 0.6 is 15.9 Å². The normalized spacial score (nSPS) is 10.8. The van der Waals surface area contributed by atoms with Crippen molar-refractivity contribution in [3.8, 4) is 0 Å². The number of aryl methyl sites for hydroxylation is 1. The molecular weight excluding hydrogens is 316 g/mol. The molecular formula is C16H17BrN2O. The first-order valence-electron chi connectivity index (χ1n) is 6.44. The zero-order valence-corrected chi connectivity index (χ0v) is 13.2. The van der Waals surface area contributed by atoms with Gasteiger partial charge in [0.15, 0.2) is 5.78 Å². The number of rotatable bonds is 5. The van der Waals surface area contributed by atoms with Crippen molar-refractivity contribution in [1.29, 1.82) is 0 Å². The third-order valence-electron chi connectivity index (χ3n) is 2.94. The average Bonchev–Trinajstić information content (AvgIpc) is 2.38. The summed E-state index contributed by atoms with van der Waals surface area (Å²) in [6, 6.07) is 13.4. The molecule has 0 fully saturated rings. The second-order valence-electron chi connectivity index (χ2n) is 4.88. The van der Waals surface area contributed by atoms with E-state index in [9.17, 15) is 4.79 Å². The van der Waals surface area contributed by atoms with Gasteiger partial charge >= 0.3 is 0 Å². The SMILES string of the molecule is Cc1cccc(CN(C)CC(=O)c2cccc(Br)c2)n1. The van der Waals surface area contributed by atoms with Gasteiger partial charge in [0.05, 0.1) is 12.2 Å². The van der Waals surface area contributed by atoms with Crippen molar-refractivity contribution >= 4 is 21.7 Å². The Bertz CT molecular complexity index is 613. The molecule has 0 N–H and O–H groups in total. The van der Waals surface area contributed by atoms with Crippen LogP contribution in [0, 0.1) is 6.92 Å². The first kappa shape index (κ1) is 14.9. The number of benzene rings is 1. The molecule has 0 bridgehead atoms. The molecule has 4 heteroatoms. The number of halogens is 1. The largest absolute Gasteiger partial charge is 0.293 e. The number of Topliss-reactive ketones (excluding diaryl/α,β-unsaturated/α-hetero) is 1. The van der Waals surface area contributed by atoms with E-state index < -0.39 is 0 Å². The Hall–Kier alpha value is -1.52. The Balaban J connectivity index is 1.97. The van der Waals surface area contributed by atoms with E-state index in [0.29, 0.717) is 13.1 Å². The molecule has 0 spiro atoms. The number of aromatic nitrogens is 1. The smallest absolute Gasteiger partial charge is 0.176 e. The van der Waals surface area contributed by atoms with Gasteiger partial charge in [-0.25, -0.2) is 0 Å². The van der Waals surface area contributed by atoms with Crippen molar-refractivity contribution in [3.63, 3.8) is 0 Å². The zero-order valence-electron chi connectivity index (χ0n) is 11.6. The summed E-state index contributed by atoms with van der Waals surface area (Å²) in [5.41, 5.74) is 2.70. The molecule has 0 atom stereocenters. The summed E-state index contributed by atoms with van der Waals surface area (Å²) >= 11 is 3.38. The quantitative estimate of drug-likeness (QED) is 0.786. The Labute approximate surface area is 127 Å². The Morgan fingerprint density at radius 3 is 2.70 bits per heavy atom.